The molecule has 0 bridgehead atoms. The Balaban J connectivity index is 1.79. The summed E-state index contributed by atoms with van der Waals surface area (Å²) in [6, 6.07) is 8.25. The Labute approximate surface area is 112 Å². The number of hydrogen-bond acceptors (Lipinski definition) is 2. The predicted molar refractivity (Wildman–Crippen MR) is 74.0 cm³/mol. The van der Waals surface area contributed by atoms with Crippen LogP contribution in [-0.2, 0) is 16.0 Å². The fourth-order valence-electron chi connectivity index (χ4n) is 2.64. The highest BCUT2D eigenvalue weighted by atomic mass is 16.5. The number of nitrogens with zero attached hydrogens (tertiary/aromatic N) is 1. The first-order valence-electron chi connectivity index (χ1n) is 6.68. The molecule has 4 nitrogen and oxygen atoms in total. The number of para-hydroxylation sites is 1. The molecule has 1 aliphatic rings. The molecule has 2 heterocycles. The number of H-pyrrole nitrogens is 1. The molecule has 0 aliphatic carbocycles. The number of ether oxygens (including phenoxy) is 1. The SMILES string of the molecule is C[C@@H]1COCCN1C(=O)Cc1c[nH]c2ccccc12. The smallest absolute Gasteiger partial charge is 0.227 e. The number of hydrogen-bond donors (Lipinski definition) is 1. The summed E-state index contributed by atoms with van der Waals surface area (Å²) in [5.41, 5.74) is 2.15. The van der Waals surface area contributed by atoms with Gasteiger partial charge < -0.3 is 14.6 Å². The number of amides is 1. The van der Waals surface area contributed by atoms with Gasteiger partial charge in [0, 0.05) is 23.6 Å². The van der Waals surface area contributed by atoms with E-state index in [9.17, 15) is 4.79 Å². The average molecular weight is 258 g/mol. The van der Waals surface area contributed by atoms with Crippen molar-refractivity contribution in [2.24, 2.45) is 0 Å². The molecule has 0 spiro atoms. The van der Waals surface area contributed by atoms with Crippen LogP contribution in [0.2, 0.25) is 0 Å². The van der Waals surface area contributed by atoms with E-state index in [0.717, 1.165) is 16.5 Å². The van der Waals surface area contributed by atoms with E-state index in [0.29, 0.717) is 26.2 Å². The molecular formula is C15H18N2O2. The molecule has 1 aliphatic heterocycles. The third-order valence-corrected chi connectivity index (χ3v) is 3.70. The van der Waals surface area contributed by atoms with Crippen LogP contribution >= 0.6 is 0 Å². The van der Waals surface area contributed by atoms with Crippen LogP contribution < -0.4 is 0 Å². The third-order valence-electron chi connectivity index (χ3n) is 3.70. The van der Waals surface area contributed by atoms with Crippen molar-refractivity contribution < 1.29 is 9.53 Å². The van der Waals surface area contributed by atoms with Gasteiger partial charge in [0.25, 0.3) is 0 Å². The zero-order chi connectivity index (χ0) is 13.2. The van der Waals surface area contributed by atoms with Gasteiger partial charge in [-0.05, 0) is 18.6 Å². The van der Waals surface area contributed by atoms with Gasteiger partial charge in [0.15, 0.2) is 0 Å². The minimum Gasteiger partial charge on any atom is -0.377 e. The van der Waals surface area contributed by atoms with Crippen molar-refractivity contribution in [3.05, 3.63) is 36.0 Å². The van der Waals surface area contributed by atoms with Crippen LogP contribution in [0.25, 0.3) is 10.9 Å². The number of rotatable bonds is 2. The highest BCUT2D eigenvalue weighted by Crippen LogP contribution is 2.19. The van der Waals surface area contributed by atoms with Crippen molar-refractivity contribution in [3.8, 4) is 0 Å². The van der Waals surface area contributed by atoms with Crippen molar-refractivity contribution in [1.82, 2.24) is 9.88 Å². The summed E-state index contributed by atoms with van der Waals surface area (Å²) in [5, 5.41) is 1.14. The Bertz CT molecular complexity index is 591. The van der Waals surface area contributed by atoms with Crippen LogP contribution in [0.3, 0.4) is 0 Å². The summed E-state index contributed by atoms with van der Waals surface area (Å²) in [5.74, 6) is 0.181. The maximum atomic E-state index is 12.4. The molecule has 4 heteroatoms. The van der Waals surface area contributed by atoms with Gasteiger partial charge in [0.05, 0.1) is 25.7 Å². The van der Waals surface area contributed by atoms with Crippen LogP contribution in [0.5, 0.6) is 0 Å². The summed E-state index contributed by atoms with van der Waals surface area (Å²) >= 11 is 0. The normalized spacial score (nSPS) is 19.8. The number of carbonyl (C=O) groups excluding carboxylic acids is 1. The van der Waals surface area contributed by atoms with Gasteiger partial charge in [-0.1, -0.05) is 18.2 Å². The predicted octanol–water partition coefficient (Wildman–Crippen LogP) is 1.96. The third kappa shape index (κ3) is 2.36. The van der Waals surface area contributed by atoms with E-state index in [1.807, 2.05) is 36.2 Å². The molecule has 1 aromatic carbocycles. The second-order valence-corrected chi connectivity index (χ2v) is 5.05. The molecule has 1 N–H and O–H groups in total. The molecule has 1 saturated heterocycles. The summed E-state index contributed by atoms with van der Waals surface area (Å²) in [6.45, 7) is 4.01. The minimum atomic E-state index is 0.173. The lowest BCUT2D eigenvalue weighted by Crippen LogP contribution is -2.47. The highest BCUT2D eigenvalue weighted by Gasteiger charge is 2.24. The quantitative estimate of drug-likeness (QED) is 0.895. The number of carbonyl (C=O) groups is 1. The van der Waals surface area contributed by atoms with Crippen molar-refractivity contribution in [2.75, 3.05) is 19.8 Å². The summed E-state index contributed by atoms with van der Waals surface area (Å²) < 4.78 is 5.37. The first-order valence-corrected chi connectivity index (χ1v) is 6.68. The Kier molecular flexibility index (Phi) is 3.25. The lowest BCUT2D eigenvalue weighted by molar-refractivity contribution is -0.138. The molecule has 2 aromatic rings. The van der Waals surface area contributed by atoms with E-state index >= 15 is 0 Å². The van der Waals surface area contributed by atoms with E-state index in [-0.39, 0.29) is 11.9 Å². The monoisotopic (exact) mass is 258 g/mol. The molecule has 1 amide bonds. The molecule has 19 heavy (non-hydrogen) atoms. The van der Waals surface area contributed by atoms with Gasteiger partial charge in [-0.25, -0.2) is 0 Å². The first-order chi connectivity index (χ1) is 9.25. The van der Waals surface area contributed by atoms with Crippen molar-refractivity contribution in [3.63, 3.8) is 0 Å². The van der Waals surface area contributed by atoms with Gasteiger partial charge in [-0.15, -0.1) is 0 Å². The molecule has 0 unspecified atom stereocenters. The standard InChI is InChI=1S/C15H18N2O2/c1-11-10-19-7-6-17(11)15(18)8-12-9-16-14-5-3-2-4-13(12)14/h2-5,9,11,16H,6-8,10H2,1H3/t11-/m1/s1. The van der Waals surface area contributed by atoms with Gasteiger partial charge >= 0.3 is 0 Å². The number of nitrogens with one attached hydrogen (secondary N) is 1. The first kappa shape index (κ1) is 12.2. The van der Waals surface area contributed by atoms with Crippen LogP contribution in [0, 0.1) is 0 Å². The summed E-state index contributed by atoms with van der Waals surface area (Å²) in [7, 11) is 0. The maximum Gasteiger partial charge on any atom is 0.227 e. The van der Waals surface area contributed by atoms with E-state index in [4.69, 9.17) is 4.74 Å². The second-order valence-electron chi connectivity index (χ2n) is 5.05. The van der Waals surface area contributed by atoms with Gasteiger partial charge in [-0.3, -0.25) is 4.79 Å². The van der Waals surface area contributed by atoms with Crippen molar-refractivity contribution in [1.29, 1.82) is 0 Å². The van der Waals surface area contributed by atoms with Crippen LogP contribution in [-0.4, -0.2) is 41.6 Å². The molecule has 0 radical (unpaired) electrons. The lowest BCUT2D eigenvalue weighted by atomic mass is 10.1. The van der Waals surface area contributed by atoms with Gasteiger partial charge in [0.1, 0.15) is 0 Å². The average Bonchev–Trinajstić information content (AvgIpc) is 2.83. The van der Waals surface area contributed by atoms with E-state index in [2.05, 4.69) is 11.1 Å². The van der Waals surface area contributed by atoms with Crippen molar-refractivity contribution >= 4 is 16.8 Å². The topological polar surface area (TPSA) is 45.3 Å². The van der Waals surface area contributed by atoms with Crippen molar-refractivity contribution in [2.45, 2.75) is 19.4 Å². The second kappa shape index (κ2) is 5.05. The molecule has 1 fully saturated rings. The van der Waals surface area contributed by atoms with E-state index < -0.39 is 0 Å². The molecule has 3 rings (SSSR count). The summed E-state index contributed by atoms with van der Waals surface area (Å²) in [6.07, 6.45) is 2.39. The minimum absolute atomic E-state index is 0.173. The Morgan fingerprint density at radius 2 is 2.32 bits per heavy atom. The fourth-order valence-corrected chi connectivity index (χ4v) is 2.64. The molecule has 0 saturated carbocycles. The number of benzene rings is 1. The van der Waals surface area contributed by atoms with E-state index in [1.165, 1.54) is 0 Å². The molecule has 100 valence electrons. The number of morpholine rings is 1. The number of fused-ring (bicyclic) bond motifs is 1. The number of aromatic amines is 1. The van der Waals surface area contributed by atoms with Crippen LogP contribution in [0.4, 0.5) is 0 Å². The Hall–Kier alpha value is -1.81. The number of aromatic nitrogens is 1. The lowest BCUT2D eigenvalue weighted by Gasteiger charge is -2.33. The molecule has 1 aromatic heterocycles. The maximum absolute atomic E-state index is 12.4. The van der Waals surface area contributed by atoms with Gasteiger partial charge in [-0.2, -0.15) is 0 Å². The zero-order valence-corrected chi connectivity index (χ0v) is 11.1. The Morgan fingerprint density at radius 1 is 1.47 bits per heavy atom. The van der Waals surface area contributed by atoms with E-state index in [1.54, 1.807) is 0 Å². The largest absolute Gasteiger partial charge is 0.377 e. The molecular weight excluding hydrogens is 240 g/mol. The highest BCUT2D eigenvalue weighted by molar-refractivity contribution is 5.89. The summed E-state index contributed by atoms with van der Waals surface area (Å²) in [4.78, 5) is 17.5. The van der Waals surface area contributed by atoms with Crippen LogP contribution in [0.15, 0.2) is 30.5 Å². The zero-order valence-electron chi connectivity index (χ0n) is 11.1. The Morgan fingerprint density at radius 3 is 3.16 bits per heavy atom. The molecule has 1 atom stereocenters. The fraction of sp³-hybridized carbons (Fsp3) is 0.400. The van der Waals surface area contributed by atoms with Gasteiger partial charge in [0.2, 0.25) is 5.91 Å². The van der Waals surface area contributed by atoms with Crippen LogP contribution in [0.1, 0.15) is 12.5 Å².